The molecule has 1 saturated heterocycles. The number of halogens is 1. The van der Waals surface area contributed by atoms with E-state index in [1.807, 2.05) is 11.0 Å². The highest BCUT2D eigenvalue weighted by Crippen LogP contribution is 2.22. The number of hydrogen-bond donors (Lipinski definition) is 1. The van der Waals surface area contributed by atoms with Gasteiger partial charge in [0.05, 0.1) is 11.6 Å². The van der Waals surface area contributed by atoms with E-state index in [1.54, 1.807) is 20.2 Å². The van der Waals surface area contributed by atoms with Gasteiger partial charge in [0.2, 0.25) is 5.91 Å². The first-order valence-corrected chi connectivity index (χ1v) is 6.42. The predicted molar refractivity (Wildman–Crippen MR) is 73.8 cm³/mol. The summed E-state index contributed by atoms with van der Waals surface area (Å²) in [6.45, 7) is 1.82. The van der Waals surface area contributed by atoms with E-state index in [1.165, 1.54) is 17.0 Å². The Morgan fingerprint density at radius 1 is 1.50 bits per heavy atom. The fourth-order valence-corrected chi connectivity index (χ4v) is 2.34. The molecule has 1 amide bonds. The average molecular weight is 276 g/mol. The molecular formula is C14H17FN4O. The van der Waals surface area contributed by atoms with Crippen LogP contribution in [0.3, 0.4) is 0 Å². The Kier molecular flexibility index (Phi) is 4.20. The fraction of sp³-hybridized carbons (Fsp3) is 0.429. The lowest BCUT2D eigenvalue weighted by atomic mass is 10.1. The maximum absolute atomic E-state index is 13.6. The zero-order chi connectivity index (χ0) is 14.7. The first-order valence-electron chi connectivity index (χ1n) is 6.42. The molecule has 0 saturated carbocycles. The van der Waals surface area contributed by atoms with Crippen molar-refractivity contribution >= 4 is 11.6 Å². The number of nitrogens with zero attached hydrogens (tertiary/aromatic N) is 3. The number of nitrogens with one attached hydrogen (secondary N) is 1. The highest BCUT2D eigenvalue weighted by atomic mass is 19.1. The molecule has 1 unspecified atom stereocenters. The number of amides is 1. The second kappa shape index (κ2) is 5.88. The first kappa shape index (κ1) is 14.3. The Hall–Kier alpha value is -2.13. The van der Waals surface area contributed by atoms with E-state index >= 15 is 0 Å². The van der Waals surface area contributed by atoms with Crippen molar-refractivity contribution < 1.29 is 9.18 Å². The summed E-state index contributed by atoms with van der Waals surface area (Å²) in [5.74, 6) is -0.506. The molecule has 0 spiro atoms. The van der Waals surface area contributed by atoms with Gasteiger partial charge in [-0.15, -0.1) is 0 Å². The van der Waals surface area contributed by atoms with Gasteiger partial charge in [-0.2, -0.15) is 5.26 Å². The van der Waals surface area contributed by atoms with Crippen LogP contribution in [-0.4, -0.2) is 50.6 Å². The molecule has 6 heteroatoms. The lowest BCUT2D eigenvalue weighted by molar-refractivity contribution is -0.130. The van der Waals surface area contributed by atoms with Crippen LogP contribution in [0, 0.1) is 17.1 Å². The summed E-state index contributed by atoms with van der Waals surface area (Å²) in [4.78, 5) is 15.6. The number of carbonyl (C=O) groups excluding carboxylic acids is 1. The molecule has 1 fully saturated rings. The van der Waals surface area contributed by atoms with Gasteiger partial charge in [0, 0.05) is 39.4 Å². The van der Waals surface area contributed by atoms with Gasteiger partial charge in [-0.05, 0) is 18.2 Å². The zero-order valence-electron chi connectivity index (χ0n) is 11.6. The van der Waals surface area contributed by atoms with Crippen molar-refractivity contribution in [1.29, 1.82) is 5.26 Å². The summed E-state index contributed by atoms with van der Waals surface area (Å²) >= 11 is 0. The van der Waals surface area contributed by atoms with E-state index in [9.17, 15) is 9.18 Å². The third-order valence-electron chi connectivity index (χ3n) is 3.31. The normalized spacial score (nSPS) is 18.5. The van der Waals surface area contributed by atoms with Gasteiger partial charge in [0.1, 0.15) is 11.9 Å². The van der Waals surface area contributed by atoms with E-state index in [4.69, 9.17) is 5.26 Å². The molecule has 5 nitrogen and oxygen atoms in total. The summed E-state index contributed by atoms with van der Waals surface area (Å²) in [6.07, 6.45) is 0. The van der Waals surface area contributed by atoms with Crippen LogP contribution < -0.4 is 10.2 Å². The molecule has 0 aliphatic carbocycles. The van der Waals surface area contributed by atoms with Crippen molar-refractivity contribution in [2.45, 2.75) is 6.04 Å². The van der Waals surface area contributed by atoms with Crippen molar-refractivity contribution in [3.8, 4) is 6.07 Å². The first-order chi connectivity index (χ1) is 9.52. The van der Waals surface area contributed by atoms with Gasteiger partial charge in [-0.25, -0.2) is 4.39 Å². The molecule has 1 aliphatic heterocycles. The summed E-state index contributed by atoms with van der Waals surface area (Å²) in [6, 6.07) is 5.72. The van der Waals surface area contributed by atoms with Crippen LogP contribution in [-0.2, 0) is 4.79 Å². The average Bonchev–Trinajstić information content (AvgIpc) is 2.45. The van der Waals surface area contributed by atoms with Crippen LogP contribution in [0.5, 0.6) is 0 Å². The largest absolute Gasteiger partial charge is 0.357 e. The van der Waals surface area contributed by atoms with Crippen LogP contribution in [0.4, 0.5) is 10.1 Å². The van der Waals surface area contributed by atoms with Gasteiger partial charge in [-0.3, -0.25) is 4.79 Å². The molecule has 2 rings (SSSR count). The van der Waals surface area contributed by atoms with Crippen molar-refractivity contribution in [3.05, 3.63) is 29.6 Å². The summed E-state index contributed by atoms with van der Waals surface area (Å²) in [7, 11) is 3.39. The molecule has 0 bridgehead atoms. The Balaban J connectivity index is 2.35. The number of piperazine rings is 1. The second-order valence-corrected chi connectivity index (χ2v) is 4.96. The highest BCUT2D eigenvalue weighted by molar-refractivity contribution is 5.85. The van der Waals surface area contributed by atoms with Crippen LogP contribution in [0.2, 0.25) is 0 Å². The van der Waals surface area contributed by atoms with Crippen molar-refractivity contribution in [3.63, 3.8) is 0 Å². The molecule has 106 valence electrons. The van der Waals surface area contributed by atoms with Crippen LogP contribution in [0.15, 0.2) is 18.2 Å². The number of nitriles is 1. The number of anilines is 1. The van der Waals surface area contributed by atoms with Gasteiger partial charge < -0.3 is 15.1 Å². The molecule has 20 heavy (non-hydrogen) atoms. The van der Waals surface area contributed by atoms with Crippen molar-refractivity contribution in [1.82, 2.24) is 10.2 Å². The SMILES string of the molecule is CN(C)C(=O)C1CNCCN1c1cc(F)cc(C#N)c1. The fourth-order valence-electron chi connectivity index (χ4n) is 2.34. The maximum atomic E-state index is 13.6. The minimum absolute atomic E-state index is 0.0417. The number of rotatable bonds is 2. The molecule has 1 heterocycles. The number of likely N-dealkylation sites (N-methyl/N-ethyl adjacent to an activating group) is 1. The molecule has 1 atom stereocenters. The summed E-state index contributed by atoms with van der Waals surface area (Å²) in [5.41, 5.74) is 0.831. The highest BCUT2D eigenvalue weighted by Gasteiger charge is 2.30. The lowest BCUT2D eigenvalue weighted by Gasteiger charge is -2.38. The number of carbonyl (C=O) groups is 1. The third kappa shape index (κ3) is 2.89. The molecule has 0 radical (unpaired) electrons. The van der Waals surface area contributed by atoms with Gasteiger partial charge in [-0.1, -0.05) is 0 Å². The van der Waals surface area contributed by atoms with Crippen LogP contribution in [0.25, 0.3) is 0 Å². The van der Waals surface area contributed by atoms with E-state index in [0.29, 0.717) is 18.8 Å². The maximum Gasteiger partial charge on any atom is 0.246 e. The molecule has 0 aromatic heterocycles. The lowest BCUT2D eigenvalue weighted by Crippen LogP contribution is -2.57. The quantitative estimate of drug-likeness (QED) is 0.857. The monoisotopic (exact) mass is 276 g/mol. The van der Waals surface area contributed by atoms with Gasteiger partial charge in [0.25, 0.3) is 0 Å². The van der Waals surface area contributed by atoms with Crippen LogP contribution >= 0.6 is 0 Å². The van der Waals surface area contributed by atoms with Gasteiger partial charge >= 0.3 is 0 Å². The topological polar surface area (TPSA) is 59.4 Å². The minimum Gasteiger partial charge on any atom is -0.357 e. The molecule has 1 aromatic rings. The van der Waals surface area contributed by atoms with E-state index in [-0.39, 0.29) is 17.5 Å². The third-order valence-corrected chi connectivity index (χ3v) is 3.31. The zero-order valence-corrected chi connectivity index (χ0v) is 11.6. The minimum atomic E-state index is -0.464. The van der Waals surface area contributed by atoms with E-state index in [2.05, 4.69) is 5.32 Å². The van der Waals surface area contributed by atoms with Gasteiger partial charge in [0.15, 0.2) is 0 Å². The Morgan fingerprint density at radius 2 is 2.25 bits per heavy atom. The Labute approximate surface area is 117 Å². The van der Waals surface area contributed by atoms with E-state index in [0.717, 1.165) is 6.54 Å². The Bertz CT molecular complexity index is 553. The molecule has 1 aliphatic rings. The second-order valence-electron chi connectivity index (χ2n) is 4.96. The number of benzene rings is 1. The molecule has 1 N–H and O–H groups in total. The molecule has 1 aromatic carbocycles. The summed E-state index contributed by atoms with van der Waals surface area (Å²) in [5, 5.41) is 12.1. The van der Waals surface area contributed by atoms with E-state index < -0.39 is 5.82 Å². The standard InChI is InChI=1S/C14H17FN4O/c1-18(2)14(20)13-9-17-3-4-19(13)12-6-10(8-16)5-11(15)7-12/h5-7,13,17H,3-4,9H2,1-2H3. The van der Waals surface area contributed by atoms with Crippen LogP contribution in [0.1, 0.15) is 5.56 Å². The predicted octanol–water partition coefficient (Wildman–Crippen LogP) is 0.564. The smallest absolute Gasteiger partial charge is 0.246 e. The molecular weight excluding hydrogens is 259 g/mol. The van der Waals surface area contributed by atoms with Crippen molar-refractivity contribution in [2.75, 3.05) is 38.6 Å². The Morgan fingerprint density at radius 3 is 2.90 bits per heavy atom. The van der Waals surface area contributed by atoms with Crippen molar-refractivity contribution in [2.24, 2.45) is 0 Å². The number of hydrogen-bond acceptors (Lipinski definition) is 4. The summed E-state index contributed by atoms with van der Waals surface area (Å²) < 4.78 is 13.6.